The van der Waals surface area contributed by atoms with Gasteiger partial charge < -0.3 is 0 Å². The van der Waals surface area contributed by atoms with Gasteiger partial charge in [-0.2, -0.15) is 0 Å². The summed E-state index contributed by atoms with van der Waals surface area (Å²) in [6.45, 7) is 6.78. The molecule has 0 aromatic rings. The van der Waals surface area contributed by atoms with Gasteiger partial charge in [-0.25, -0.2) is 0 Å². The van der Waals surface area contributed by atoms with Crippen molar-refractivity contribution in [3.8, 4) is 0 Å². The summed E-state index contributed by atoms with van der Waals surface area (Å²) in [5.41, 5.74) is 0. The first kappa shape index (κ1) is 11.3. The Kier molecular flexibility index (Phi) is 4.72. The second-order valence-electron chi connectivity index (χ2n) is 4.47. The van der Waals surface area contributed by atoms with E-state index in [1.807, 2.05) is 0 Å². The largest absolute Gasteiger partial charge is 0.0879 e. The van der Waals surface area contributed by atoms with Gasteiger partial charge in [0, 0.05) is 0 Å². The maximum Gasteiger partial charge on any atom is -0.00816 e. The molecule has 0 heteroatoms. The van der Waals surface area contributed by atoms with Gasteiger partial charge in [-0.05, 0) is 30.6 Å². The highest BCUT2D eigenvalue weighted by Crippen LogP contribution is 2.13. The lowest BCUT2D eigenvalue weighted by molar-refractivity contribution is 0.652. The van der Waals surface area contributed by atoms with Crippen molar-refractivity contribution in [3.05, 3.63) is 36.5 Å². The molecule has 3 unspecified atom stereocenters. The number of hydrogen-bond donors (Lipinski definition) is 0. The van der Waals surface area contributed by atoms with Crippen molar-refractivity contribution in [1.82, 2.24) is 0 Å². The molecule has 0 spiro atoms. The predicted octanol–water partition coefficient (Wildman–Crippen LogP) is 4.36. The van der Waals surface area contributed by atoms with Gasteiger partial charge in [0.05, 0.1) is 0 Å². The zero-order chi connectivity index (χ0) is 10.4. The highest BCUT2D eigenvalue weighted by Gasteiger charge is 1.99. The number of rotatable bonds is 0. The molecule has 0 aliphatic heterocycles. The van der Waals surface area contributed by atoms with E-state index in [0.717, 1.165) is 0 Å². The minimum absolute atomic E-state index is 0.575. The Balaban J connectivity index is 2.66. The molecule has 0 heterocycles. The maximum absolute atomic E-state index is 2.35. The molecule has 0 N–H and O–H groups in total. The molecule has 1 rings (SSSR count). The molecular formula is C14H22. The standard InChI is InChI=1S/C14H22/c1-12-6-4-5-7-13(2)9-11-14(3)10-8-12/h4,6,8-14H,5,7H2,1-3H3/b6-4-,10-8-,11-9-. The summed E-state index contributed by atoms with van der Waals surface area (Å²) >= 11 is 0. The lowest BCUT2D eigenvalue weighted by atomic mass is 10.0. The quantitative estimate of drug-likeness (QED) is 0.498. The van der Waals surface area contributed by atoms with E-state index < -0.39 is 0 Å². The lowest BCUT2D eigenvalue weighted by Crippen LogP contribution is -1.90. The van der Waals surface area contributed by atoms with Gasteiger partial charge in [-0.15, -0.1) is 0 Å². The average Bonchev–Trinajstić information content (AvgIpc) is 2.19. The van der Waals surface area contributed by atoms with Crippen LogP contribution in [0.25, 0.3) is 0 Å². The van der Waals surface area contributed by atoms with Crippen LogP contribution in [-0.2, 0) is 0 Å². The Bertz CT molecular complexity index is 232. The summed E-state index contributed by atoms with van der Waals surface area (Å²) in [6.07, 6.45) is 16.4. The molecule has 78 valence electrons. The summed E-state index contributed by atoms with van der Waals surface area (Å²) in [6, 6.07) is 0. The summed E-state index contributed by atoms with van der Waals surface area (Å²) in [5.74, 6) is 1.87. The van der Waals surface area contributed by atoms with Crippen LogP contribution in [0.15, 0.2) is 36.5 Å². The first-order chi connectivity index (χ1) is 6.68. The average molecular weight is 190 g/mol. The minimum atomic E-state index is 0.575. The summed E-state index contributed by atoms with van der Waals surface area (Å²) in [7, 11) is 0. The van der Waals surface area contributed by atoms with Crippen molar-refractivity contribution >= 4 is 0 Å². The molecule has 1 aliphatic rings. The summed E-state index contributed by atoms with van der Waals surface area (Å²) in [5, 5.41) is 0. The van der Waals surface area contributed by atoms with Crippen molar-refractivity contribution in [1.29, 1.82) is 0 Å². The van der Waals surface area contributed by atoms with E-state index in [2.05, 4.69) is 57.2 Å². The fourth-order valence-corrected chi connectivity index (χ4v) is 1.61. The maximum atomic E-state index is 2.35. The van der Waals surface area contributed by atoms with E-state index in [1.165, 1.54) is 12.8 Å². The van der Waals surface area contributed by atoms with Gasteiger partial charge in [-0.3, -0.25) is 0 Å². The number of allylic oxidation sites excluding steroid dienone is 6. The van der Waals surface area contributed by atoms with Gasteiger partial charge in [0.1, 0.15) is 0 Å². The first-order valence-electron chi connectivity index (χ1n) is 5.72. The van der Waals surface area contributed by atoms with Crippen molar-refractivity contribution in [3.63, 3.8) is 0 Å². The molecule has 0 amide bonds. The highest BCUT2D eigenvalue weighted by molar-refractivity contribution is 5.06. The van der Waals surface area contributed by atoms with E-state index in [0.29, 0.717) is 17.8 Å². The molecule has 0 aromatic carbocycles. The Morgan fingerprint density at radius 2 is 1.36 bits per heavy atom. The first-order valence-corrected chi connectivity index (χ1v) is 5.72. The Morgan fingerprint density at radius 3 is 2.07 bits per heavy atom. The van der Waals surface area contributed by atoms with Crippen LogP contribution in [0.5, 0.6) is 0 Å². The van der Waals surface area contributed by atoms with Crippen LogP contribution < -0.4 is 0 Å². The zero-order valence-electron chi connectivity index (χ0n) is 9.61. The van der Waals surface area contributed by atoms with Crippen molar-refractivity contribution < 1.29 is 0 Å². The molecular weight excluding hydrogens is 168 g/mol. The van der Waals surface area contributed by atoms with Crippen LogP contribution in [0, 0.1) is 17.8 Å². The second kappa shape index (κ2) is 5.85. The molecule has 3 atom stereocenters. The van der Waals surface area contributed by atoms with Crippen LogP contribution in [0.2, 0.25) is 0 Å². The predicted molar refractivity (Wildman–Crippen MR) is 64.1 cm³/mol. The fourth-order valence-electron chi connectivity index (χ4n) is 1.61. The van der Waals surface area contributed by atoms with E-state index in [-0.39, 0.29) is 0 Å². The fraction of sp³-hybridized carbons (Fsp3) is 0.571. The lowest BCUT2D eigenvalue weighted by Gasteiger charge is -2.03. The Labute approximate surface area is 88.4 Å². The smallest absolute Gasteiger partial charge is 0.00816 e. The second-order valence-corrected chi connectivity index (χ2v) is 4.47. The molecule has 0 radical (unpaired) electrons. The molecule has 0 aromatic heterocycles. The molecule has 0 fully saturated rings. The van der Waals surface area contributed by atoms with Crippen LogP contribution in [0.3, 0.4) is 0 Å². The Hall–Kier alpha value is -0.780. The van der Waals surface area contributed by atoms with Crippen LogP contribution in [0.4, 0.5) is 0 Å². The van der Waals surface area contributed by atoms with E-state index in [9.17, 15) is 0 Å². The minimum Gasteiger partial charge on any atom is -0.0879 e. The van der Waals surface area contributed by atoms with E-state index >= 15 is 0 Å². The van der Waals surface area contributed by atoms with E-state index in [4.69, 9.17) is 0 Å². The monoisotopic (exact) mass is 190 g/mol. The summed E-state index contributed by atoms with van der Waals surface area (Å²) in [4.78, 5) is 0. The Morgan fingerprint density at radius 1 is 0.786 bits per heavy atom. The third-order valence-corrected chi connectivity index (χ3v) is 2.69. The topological polar surface area (TPSA) is 0 Å². The van der Waals surface area contributed by atoms with Gasteiger partial charge in [-0.1, -0.05) is 57.2 Å². The van der Waals surface area contributed by atoms with Gasteiger partial charge in [0.2, 0.25) is 0 Å². The van der Waals surface area contributed by atoms with Gasteiger partial charge >= 0.3 is 0 Å². The van der Waals surface area contributed by atoms with E-state index in [1.54, 1.807) is 0 Å². The SMILES string of the molecule is CC1/C=C\CCC(C)/C=C\C(C)/C=C\1. The van der Waals surface area contributed by atoms with Crippen LogP contribution >= 0.6 is 0 Å². The number of hydrogen-bond acceptors (Lipinski definition) is 0. The molecule has 1 aliphatic carbocycles. The third kappa shape index (κ3) is 4.45. The van der Waals surface area contributed by atoms with Crippen molar-refractivity contribution in [2.24, 2.45) is 17.8 Å². The van der Waals surface area contributed by atoms with Crippen LogP contribution in [-0.4, -0.2) is 0 Å². The highest BCUT2D eigenvalue weighted by atomic mass is 14.0. The normalized spacial score (nSPS) is 40.9. The molecule has 0 saturated heterocycles. The molecule has 0 saturated carbocycles. The molecule has 0 nitrogen and oxygen atoms in total. The molecule has 0 bridgehead atoms. The molecule has 14 heavy (non-hydrogen) atoms. The van der Waals surface area contributed by atoms with Crippen LogP contribution in [0.1, 0.15) is 33.6 Å². The zero-order valence-corrected chi connectivity index (χ0v) is 9.61. The van der Waals surface area contributed by atoms with Crippen molar-refractivity contribution in [2.75, 3.05) is 0 Å². The van der Waals surface area contributed by atoms with Crippen molar-refractivity contribution in [2.45, 2.75) is 33.6 Å². The summed E-state index contributed by atoms with van der Waals surface area (Å²) < 4.78 is 0. The van der Waals surface area contributed by atoms with Gasteiger partial charge in [0.15, 0.2) is 0 Å². The third-order valence-electron chi connectivity index (χ3n) is 2.69. The van der Waals surface area contributed by atoms with Gasteiger partial charge in [0.25, 0.3) is 0 Å².